The number of thiophene rings is 1. The van der Waals surface area contributed by atoms with Crippen molar-refractivity contribution in [3.8, 4) is 5.75 Å². The van der Waals surface area contributed by atoms with Gasteiger partial charge in [-0.3, -0.25) is 14.5 Å². The lowest BCUT2D eigenvalue weighted by Crippen LogP contribution is -2.50. The number of amides is 2. The van der Waals surface area contributed by atoms with Gasteiger partial charge in [0.15, 0.2) is 0 Å². The summed E-state index contributed by atoms with van der Waals surface area (Å²) < 4.78 is 5.14. The van der Waals surface area contributed by atoms with E-state index in [1.807, 2.05) is 28.5 Å². The zero-order valence-corrected chi connectivity index (χ0v) is 15.6. The zero-order chi connectivity index (χ0) is 18.4. The maximum Gasteiger partial charge on any atom is 0.264 e. The number of ether oxygens (including phenoxy) is 1. The van der Waals surface area contributed by atoms with Crippen molar-refractivity contribution in [2.45, 2.75) is 0 Å². The van der Waals surface area contributed by atoms with E-state index in [4.69, 9.17) is 4.74 Å². The third-order valence-corrected chi connectivity index (χ3v) is 5.29. The maximum atomic E-state index is 12.3. The first kappa shape index (κ1) is 18.4. The van der Waals surface area contributed by atoms with Crippen LogP contribution >= 0.6 is 11.3 Å². The van der Waals surface area contributed by atoms with Gasteiger partial charge in [0.25, 0.3) is 11.8 Å². The first-order valence-electron chi connectivity index (χ1n) is 8.65. The molecule has 0 radical (unpaired) electrons. The molecular formula is C19H23N3O3S. The Balaban J connectivity index is 1.40. The summed E-state index contributed by atoms with van der Waals surface area (Å²) in [5.74, 6) is 0.686. The van der Waals surface area contributed by atoms with Gasteiger partial charge in [0.2, 0.25) is 0 Å². The Bertz CT molecular complexity index is 740. The van der Waals surface area contributed by atoms with E-state index >= 15 is 0 Å². The van der Waals surface area contributed by atoms with Crippen LogP contribution < -0.4 is 10.1 Å². The molecule has 3 rings (SSSR count). The highest BCUT2D eigenvalue weighted by atomic mass is 32.1. The summed E-state index contributed by atoms with van der Waals surface area (Å²) >= 11 is 1.48. The van der Waals surface area contributed by atoms with Crippen molar-refractivity contribution in [3.63, 3.8) is 0 Å². The Morgan fingerprint density at radius 3 is 2.65 bits per heavy atom. The van der Waals surface area contributed by atoms with Crippen LogP contribution in [0.4, 0.5) is 0 Å². The number of carbonyl (C=O) groups is 2. The molecule has 0 saturated carbocycles. The van der Waals surface area contributed by atoms with Crippen LogP contribution in [-0.2, 0) is 0 Å². The molecular weight excluding hydrogens is 350 g/mol. The van der Waals surface area contributed by atoms with Gasteiger partial charge in [-0.1, -0.05) is 12.1 Å². The predicted molar refractivity (Wildman–Crippen MR) is 102 cm³/mol. The summed E-state index contributed by atoms with van der Waals surface area (Å²) in [7, 11) is 1.58. The van der Waals surface area contributed by atoms with Crippen molar-refractivity contribution in [2.75, 3.05) is 46.4 Å². The van der Waals surface area contributed by atoms with Crippen molar-refractivity contribution in [3.05, 3.63) is 52.2 Å². The Hall–Kier alpha value is -2.38. The van der Waals surface area contributed by atoms with E-state index in [9.17, 15) is 9.59 Å². The molecule has 0 spiro atoms. The molecule has 1 aliphatic heterocycles. The summed E-state index contributed by atoms with van der Waals surface area (Å²) in [5, 5.41) is 4.86. The van der Waals surface area contributed by atoms with E-state index in [2.05, 4.69) is 10.2 Å². The van der Waals surface area contributed by atoms with Crippen LogP contribution in [0.2, 0.25) is 0 Å². The van der Waals surface area contributed by atoms with Crippen molar-refractivity contribution >= 4 is 23.2 Å². The average Bonchev–Trinajstić information content (AvgIpc) is 3.23. The molecule has 1 saturated heterocycles. The average molecular weight is 373 g/mol. The van der Waals surface area contributed by atoms with Gasteiger partial charge in [0.1, 0.15) is 5.75 Å². The minimum atomic E-state index is -0.101. The molecule has 1 fully saturated rings. The molecule has 26 heavy (non-hydrogen) atoms. The van der Waals surface area contributed by atoms with Crippen LogP contribution in [0.3, 0.4) is 0 Å². The van der Waals surface area contributed by atoms with E-state index in [1.165, 1.54) is 11.3 Å². The molecule has 0 atom stereocenters. The highest BCUT2D eigenvalue weighted by Gasteiger charge is 2.22. The van der Waals surface area contributed by atoms with Crippen LogP contribution in [0.15, 0.2) is 41.8 Å². The molecule has 1 aliphatic rings. The normalized spacial score (nSPS) is 14.9. The van der Waals surface area contributed by atoms with Crippen LogP contribution in [0, 0.1) is 0 Å². The van der Waals surface area contributed by atoms with Gasteiger partial charge >= 0.3 is 0 Å². The second kappa shape index (κ2) is 8.82. The van der Waals surface area contributed by atoms with Gasteiger partial charge in [-0.2, -0.15) is 0 Å². The molecule has 1 aromatic heterocycles. The molecule has 0 aliphatic carbocycles. The van der Waals surface area contributed by atoms with Crippen LogP contribution in [-0.4, -0.2) is 68.0 Å². The summed E-state index contributed by atoms with van der Waals surface area (Å²) in [6.45, 7) is 4.45. The molecule has 2 heterocycles. The van der Waals surface area contributed by atoms with E-state index in [0.29, 0.717) is 17.9 Å². The lowest BCUT2D eigenvalue weighted by atomic mass is 10.2. The van der Waals surface area contributed by atoms with Crippen molar-refractivity contribution in [1.29, 1.82) is 0 Å². The number of carbonyl (C=O) groups excluding carboxylic acids is 2. The lowest BCUT2D eigenvalue weighted by Gasteiger charge is -2.34. The van der Waals surface area contributed by atoms with Gasteiger partial charge < -0.3 is 15.0 Å². The van der Waals surface area contributed by atoms with Crippen LogP contribution in [0.5, 0.6) is 5.75 Å². The monoisotopic (exact) mass is 373 g/mol. The number of nitrogens with one attached hydrogen (secondary N) is 1. The highest BCUT2D eigenvalue weighted by Crippen LogP contribution is 2.14. The van der Waals surface area contributed by atoms with Gasteiger partial charge in [0, 0.05) is 44.8 Å². The minimum absolute atomic E-state index is 0.101. The fraction of sp³-hybridized carbons (Fsp3) is 0.368. The van der Waals surface area contributed by atoms with E-state index in [-0.39, 0.29) is 11.8 Å². The Labute approximate surface area is 157 Å². The van der Waals surface area contributed by atoms with Crippen molar-refractivity contribution in [1.82, 2.24) is 15.1 Å². The number of piperazine rings is 1. The Morgan fingerprint density at radius 1 is 1.15 bits per heavy atom. The molecule has 2 amide bonds. The Kier molecular flexibility index (Phi) is 6.25. The van der Waals surface area contributed by atoms with Crippen molar-refractivity contribution < 1.29 is 14.3 Å². The van der Waals surface area contributed by atoms with Crippen LogP contribution in [0.25, 0.3) is 0 Å². The molecule has 6 nitrogen and oxygen atoms in total. The molecule has 2 aromatic rings. The topological polar surface area (TPSA) is 61.9 Å². The van der Waals surface area contributed by atoms with Gasteiger partial charge in [-0.25, -0.2) is 0 Å². The van der Waals surface area contributed by atoms with Gasteiger partial charge in [-0.05, 0) is 29.6 Å². The first-order chi connectivity index (χ1) is 12.7. The number of benzene rings is 1. The number of methoxy groups -OCH3 is 1. The van der Waals surface area contributed by atoms with E-state index in [1.54, 1.807) is 25.3 Å². The minimum Gasteiger partial charge on any atom is -0.497 e. The smallest absolute Gasteiger partial charge is 0.264 e. The number of hydrogen-bond acceptors (Lipinski definition) is 5. The summed E-state index contributed by atoms with van der Waals surface area (Å²) in [6, 6.07) is 10.9. The third-order valence-electron chi connectivity index (χ3n) is 4.44. The molecule has 1 N–H and O–H groups in total. The number of rotatable bonds is 6. The highest BCUT2D eigenvalue weighted by molar-refractivity contribution is 7.12. The maximum absolute atomic E-state index is 12.3. The first-order valence-corrected chi connectivity index (χ1v) is 9.53. The molecule has 7 heteroatoms. The Morgan fingerprint density at radius 2 is 1.96 bits per heavy atom. The molecule has 1 aromatic carbocycles. The van der Waals surface area contributed by atoms with E-state index < -0.39 is 0 Å². The SMILES string of the molecule is COc1cccc(C(=O)NCCN2CCN(C(=O)c3cccs3)CC2)c1. The summed E-state index contributed by atoms with van der Waals surface area (Å²) in [4.78, 5) is 29.5. The van der Waals surface area contributed by atoms with E-state index in [0.717, 1.165) is 37.6 Å². The summed E-state index contributed by atoms with van der Waals surface area (Å²) in [6.07, 6.45) is 0. The van der Waals surface area contributed by atoms with Gasteiger partial charge in [-0.15, -0.1) is 11.3 Å². The summed E-state index contributed by atoms with van der Waals surface area (Å²) in [5.41, 5.74) is 0.593. The fourth-order valence-electron chi connectivity index (χ4n) is 2.92. The van der Waals surface area contributed by atoms with Crippen LogP contribution in [0.1, 0.15) is 20.0 Å². The standard InChI is InChI=1S/C19H23N3O3S/c1-25-16-5-2-4-15(14-16)18(23)20-7-8-21-9-11-22(12-10-21)19(24)17-6-3-13-26-17/h2-6,13-14H,7-12H2,1H3,(H,20,23). The zero-order valence-electron chi connectivity index (χ0n) is 14.8. The van der Waals surface area contributed by atoms with Gasteiger partial charge in [0.05, 0.1) is 12.0 Å². The molecule has 0 bridgehead atoms. The lowest BCUT2D eigenvalue weighted by molar-refractivity contribution is 0.0643. The predicted octanol–water partition coefficient (Wildman–Crippen LogP) is 1.94. The third kappa shape index (κ3) is 4.62. The quantitative estimate of drug-likeness (QED) is 0.841. The molecule has 0 unspecified atom stereocenters. The fourth-order valence-corrected chi connectivity index (χ4v) is 3.62. The number of nitrogens with zero attached hydrogens (tertiary/aromatic N) is 2. The second-order valence-electron chi connectivity index (χ2n) is 6.10. The number of hydrogen-bond donors (Lipinski definition) is 1. The second-order valence-corrected chi connectivity index (χ2v) is 7.05. The van der Waals surface area contributed by atoms with Crippen molar-refractivity contribution in [2.24, 2.45) is 0 Å². The largest absolute Gasteiger partial charge is 0.497 e. The molecule has 138 valence electrons.